The van der Waals surface area contributed by atoms with E-state index in [9.17, 15) is 4.79 Å². The smallest absolute Gasteiger partial charge is 0.229 e. The highest BCUT2D eigenvalue weighted by molar-refractivity contribution is 5.76. The molecule has 2 heterocycles. The van der Waals surface area contributed by atoms with E-state index in [2.05, 4.69) is 15.0 Å². The van der Waals surface area contributed by atoms with E-state index in [-0.39, 0.29) is 0 Å². The van der Waals surface area contributed by atoms with Crippen molar-refractivity contribution in [3.05, 3.63) is 11.7 Å². The third kappa shape index (κ3) is 2.66. The van der Waals surface area contributed by atoms with Gasteiger partial charge in [0.15, 0.2) is 5.82 Å². The second-order valence-electron chi connectivity index (χ2n) is 7.47. The van der Waals surface area contributed by atoms with Gasteiger partial charge in [-0.3, -0.25) is 4.79 Å². The first kappa shape index (κ1) is 14.2. The van der Waals surface area contributed by atoms with Crippen LogP contribution in [0, 0.1) is 24.7 Å². The third-order valence-electron chi connectivity index (χ3n) is 6.06. The molecule has 1 aliphatic heterocycles. The molecule has 1 saturated heterocycles. The van der Waals surface area contributed by atoms with Crippen molar-refractivity contribution < 1.29 is 9.32 Å². The molecule has 3 fully saturated rings. The number of fused-ring (bicyclic) bond motifs is 2. The van der Waals surface area contributed by atoms with Crippen molar-refractivity contribution in [2.24, 2.45) is 17.8 Å². The Bertz CT molecular complexity index is 548. The SMILES string of the molecule is Cc1noc(C2CCN(C(=O)CC3CC4CCC3C4)CC2)n1. The summed E-state index contributed by atoms with van der Waals surface area (Å²) in [7, 11) is 0. The van der Waals surface area contributed by atoms with E-state index in [0.717, 1.165) is 50.1 Å². The lowest BCUT2D eigenvalue weighted by molar-refractivity contribution is -0.133. The van der Waals surface area contributed by atoms with Crippen molar-refractivity contribution in [1.29, 1.82) is 0 Å². The summed E-state index contributed by atoms with van der Waals surface area (Å²) in [4.78, 5) is 18.9. The molecule has 2 aliphatic carbocycles. The second kappa shape index (κ2) is 5.67. The summed E-state index contributed by atoms with van der Waals surface area (Å²) >= 11 is 0. The van der Waals surface area contributed by atoms with E-state index in [4.69, 9.17) is 4.52 Å². The van der Waals surface area contributed by atoms with E-state index in [1.807, 2.05) is 6.92 Å². The van der Waals surface area contributed by atoms with Gasteiger partial charge in [-0.25, -0.2) is 0 Å². The van der Waals surface area contributed by atoms with Crippen LogP contribution in [0.15, 0.2) is 4.52 Å². The van der Waals surface area contributed by atoms with E-state index >= 15 is 0 Å². The number of rotatable bonds is 3. The van der Waals surface area contributed by atoms with Gasteiger partial charge in [0.05, 0.1) is 0 Å². The van der Waals surface area contributed by atoms with Crippen LogP contribution in [0.3, 0.4) is 0 Å². The fourth-order valence-electron chi connectivity index (χ4n) is 4.83. The van der Waals surface area contributed by atoms with Crippen LogP contribution in [-0.2, 0) is 4.79 Å². The molecule has 5 heteroatoms. The molecular formula is C17H25N3O2. The van der Waals surface area contributed by atoms with Crippen molar-refractivity contribution in [2.45, 2.75) is 57.8 Å². The Kier molecular flexibility index (Phi) is 3.66. The molecule has 2 bridgehead atoms. The minimum Gasteiger partial charge on any atom is -0.343 e. The lowest BCUT2D eigenvalue weighted by Gasteiger charge is -2.32. The largest absolute Gasteiger partial charge is 0.343 e. The molecule has 1 aromatic rings. The molecule has 1 amide bonds. The summed E-state index contributed by atoms with van der Waals surface area (Å²) in [6, 6.07) is 0. The van der Waals surface area contributed by atoms with Gasteiger partial charge >= 0.3 is 0 Å². The number of hydrogen-bond donors (Lipinski definition) is 0. The summed E-state index contributed by atoms with van der Waals surface area (Å²) in [5.41, 5.74) is 0. The standard InChI is InChI=1S/C17H25N3O2/c1-11-18-17(22-19-11)13-4-6-20(7-5-13)16(21)10-15-9-12-2-3-14(15)8-12/h12-15H,2-10H2,1H3. The normalized spacial score (nSPS) is 31.9. The number of aromatic nitrogens is 2. The number of likely N-dealkylation sites (tertiary alicyclic amines) is 1. The minimum atomic E-state index is 0.327. The molecule has 0 aromatic carbocycles. The van der Waals surface area contributed by atoms with Gasteiger partial charge in [0.25, 0.3) is 0 Å². The van der Waals surface area contributed by atoms with Gasteiger partial charge in [-0.2, -0.15) is 4.98 Å². The molecule has 22 heavy (non-hydrogen) atoms. The Morgan fingerprint density at radius 2 is 2.05 bits per heavy atom. The van der Waals surface area contributed by atoms with Gasteiger partial charge in [0.2, 0.25) is 11.8 Å². The quantitative estimate of drug-likeness (QED) is 0.861. The Labute approximate surface area is 131 Å². The zero-order chi connectivity index (χ0) is 15.1. The number of nitrogens with zero attached hydrogens (tertiary/aromatic N) is 3. The predicted molar refractivity (Wildman–Crippen MR) is 81.1 cm³/mol. The number of amides is 1. The maximum Gasteiger partial charge on any atom is 0.229 e. The molecule has 1 aromatic heterocycles. The average molecular weight is 303 g/mol. The maximum atomic E-state index is 12.6. The van der Waals surface area contributed by atoms with Gasteiger partial charge in [-0.05, 0) is 56.8 Å². The van der Waals surface area contributed by atoms with Gasteiger partial charge in [-0.15, -0.1) is 0 Å². The average Bonchev–Trinajstić information content (AvgIpc) is 3.24. The molecule has 5 nitrogen and oxygen atoms in total. The molecule has 3 atom stereocenters. The van der Waals surface area contributed by atoms with E-state index in [1.165, 1.54) is 25.7 Å². The number of hydrogen-bond acceptors (Lipinski definition) is 4. The first-order chi connectivity index (χ1) is 10.7. The van der Waals surface area contributed by atoms with Gasteiger partial charge < -0.3 is 9.42 Å². The van der Waals surface area contributed by atoms with Crippen LogP contribution >= 0.6 is 0 Å². The predicted octanol–water partition coefficient (Wildman–Crippen LogP) is 2.91. The Hall–Kier alpha value is -1.39. The summed E-state index contributed by atoms with van der Waals surface area (Å²) in [6.45, 7) is 3.53. The van der Waals surface area contributed by atoms with Crippen LogP contribution in [0.4, 0.5) is 0 Å². The first-order valence-electron chi connectivity index (χ1n) is 8.77. The van der Waals surface area contributed by atoms with Crippen LogP contribution in [-0.4, -0.2) is 34.0 Å². The highest BCUT2D eigenvalue weighted by Crippen LogP contribution is 2.49. The molecule has 3 unspecified atom stereocenters. The van der Waals surface area contributed by atoms with Gasteiger partial charge in [-0.1, -0.05) is 11.6 Å². The molecule has 0 radical (unpaired) electrons. The van der Waals surface area contributed by atoms with E-state index in [0.29, 0.717) is 23.6 Å². The van der Waals surface area contributed by atoms with Crippen molar-refractivity contribution in [1.82, 2.24) is 15.0 Å². The van der Waals surface area contributed by atoms with Crippen LogP contribution in [0.2, 0.25) is 0 Å². The van der Waals surface area contributed by atoms with Crippen molar-refractivity contribution in [3.63, 3.8) is 0 Å². The molecule has 2 saturated carbocycles. The molecule has 0 N–H and O–H groups in total. The monoisotopic (exact) mass is 303 g/mol. The van der Waals surface area contributed by atoms with Gasteiger partial charge in [0, 0.05) is 25.4 Å². The zero-order valence-corrected chi connectivity index (χ0v) is 13.3. The van der Waals surface area contributed by atoms with Crippen LogP contribution in [0.25, 0.3) is 0 Å². The summed E-state index contributed by atoms with van der Waals surface area (Å²) in [5.74, 6) is 4.58. The van der Waals surface area contributed by atoms with Gasteiger partial charge in [0.1, 0.15) is 0 Å². The first-order valence-corrected chi connectivity index (χ1v) is 8.77. The Morgan fingerprint density at radius 3 is 2.64 bits per heavy atom. The highest BCUT2D eigenvalue weighted by Gasteiger charge is 2.41. The summed E-state index contributed by atoms with van der Waals surface area (Å²) in [6.07, 6.45) is 8.13. The Balaban J connectivity index is 1.29. The minimum absolute atomic E-state index is 0.327. The fourth-order valence-corrected chi connectivity index (χ4v) is 4.83. The Morgan fingerprint density at radius 1 is 1.23 bits per heavy atom. The van der Waals surface area contributed by atoms with Crippen LogP contribution < -0.4 is 0 Å². The molecule has 3 aliphatic rings. The van der Waals surface area contributed by atoms with Crippen LogP contribution in [0.1, 0.15) is 62.6 Å². The van der Waals surface area contributed by atoms with Crippen molar-refractivity contribution in [3.8, 4) is 0 Å². The van der Waals surface area contributed by atoms with Crippen molar-refractivity contribution in [2.75, 3.05) is 13.1 Å². The number of piperidine rings is 1. The topological polar surface area (TPSA) is 59.2 Å². The highest BCUT2D eigenvalue weighted by atomic mass is 16.5. The van der Waals surface area contributed by atoms with E-state index < -0.39 is 0 Å². The van der Waals surface area contributed by atoms with Crippen molar-refractivity contribution >= 4 is 5.91 Å². The fraction of sp³-hybridized carbons (Fsp3) is 0.824. The molecule has 0 spiro atoms. The number of aryl methyl sites for hydroxylation is 1. The second-order valence-corrected chi connectivity index (χ2v) is 7.47. The lowest BCUT2D eigenvalue weighted by atomic mass is 9.86. The number of carbonyl (C=O) groups is 1. The summed E-state index contributed by atoms with van der Waals surface area (Å²) in [5, 5.41) is 3.87. The molecule has 120 valence electrons. The maximum absolute atomic E-state index is 12.6. The van der Waals surface area contributed by atoms with Crippen LogP contribution in [0.5, 0.6) is 0 Å². The number of carbonyl (C=O) groups excluding carboxylic acids is 1. The molecule has 4 rings (SSSR count). The molecular weight excluding hydrogens is 278 g/mol. The van der Waals surface area contributed by atoms with E-state index in [1.54, 1.807) is 0 Å². The lowest BCUT2D eigenvalue weighted by Crippen LogP contribution is -2.39. The third-order valence-corrected chi connectivity index (χ3v) is 6.06. The summed E-state index contributed by atoms with van der Waals surface area (Å²) < 4.78 is 5.28. The zero-order valence-electron chi connectivity index (χ0n) is 13.3.